The minimum absolute atomic E-state index is 0.0551. The third-order valence-corrected chi connectivity index (χ3v) is 8.41. The third-order valence-electron chi connectivity index (χ3n) is 8.18. The number of carbonyl (C=O) groups is 1. The van der Waals surface area contributed by atoms with Crippen molar-refractivity contribution in [2.24, 2.45) is 16.8 Å². The summed E-state index contributed by atoms with van der Waals surface area (Å²) in [5, 5.41) is 12.4. The number of aliphatic imine (C=N–C) groups is 1. The first-order chi connectivity index (χ1) is 16.7. The van der Waals surface area contributed by atoms with Gasteiger partial charge in [0, 0.05) is 17.8 Å². The maximum Gasteiger partial charge on any atom is 0.254 e. The number of fused-ring (bicyclic) bond motifs is 1. The van der Waals surface area contributed by atoms with Crippen LogP contribution in [0.25, 0.3) is 0 Å². The van der Waals surface area contributed by atoms with Crippen molar-refractivity contribution in [3.63, 3.8) is 0 Å². The first-order valence-electron chi connectivity index (χ1n) is 13.2. The van der Waals surface area contributed by atoms with Crippen LogP contribution in [0.1, 0.15) is 76.5 Å². The molecular weight excluding hydrogens is 458 g/mol. The molecule has 0 radical (unpaired) electrons. The van der Waals surface area contributed by atoms with Crippen LogP contribution in [-0.4, -0.2) is 53.1 Å². The number of piperidine rings is 1. The van der Waals surface area contributed by atoms with Gasteiger partial charge in [-0.2, -0.15) is 0 Å². The van der Waals surface area contributed by atoms with Crippen LogP contribution in [-0.2, 0) is 11.2 Å². The highest BCUT2D eigenvalue weighted by Gasteiger charge is 2.46. The molecule has 3 heterocycles. The lowest BCUT2D eigenvalue weighted by atomic mass is 9.89. The second-order valence-electron chi connectivity index (χ2n) is 11.4. The van der Waals surface area contributed by atoms with E-state index in [0.717, 1.165) is 63.1 Å². The summed E-state index contributed by atoms with van der Waals surface area (Å²) in [5.74, 6) is 1.12. The zero-order valence-corrected chi connectivity index (χ0v) is 22.0. The highest BCUT2D eigenvalue weighted by atomic mass is 35.5. The lowest BCUT2D eigenvalue weighted by Crippen LogP contribution is -2.46. The zero-order chi connectivity index (χ0) is 24.7. The van der Waals surface area contributed by atoms with E-state index in [1.54, 1.807) is 4.90 Å². The Kier molecular flexibility index (Phi) is 6.79. The van der Waals surface area contributed by atoms with Gasteiger partial charge >= 0.3 is 0 Å². The summed E-state index contributed by atoms with van der Waals surface area (Å²) in [6, 6.07) is 6.55. The lowest BCUT2D eigenvalue weighted by molar-refractivity contribution is -0.131. The highest BCUT2D eigenvalue weighted by molar-refractivity contribution is 6.30. The monoisotopic (exact) mass is 495 g/mol. The molecule has 2 atom stereocenters. The molecule has 3 aliphatic heterocycles. The van der Waals surface area contributed by atoms with Gasteiger partial charge in [-0.15, -0.1) is 0 Å². The molecule has 2 N–H and O–H groups in total. The van der Waals surface area contributed by atoms with E-state index < -0.39 is 5.54 Å². The molecule has 5 rings (SSSR count). The van der Waals surface area contributed by atoms with Crippen molar-refractivity contribution in [1.82, 2.24) is 15.1 Å². The SMILES string of the molecule is CC(C)CC1(C)NC(=N)N(CC2CCN(C3C4=C(CCC=N4)CCc4cc(Cl)ccc43)CC2)C1=O. The minimum atomic E-state index is -0.654. The highest BCUT2D eigenvalue weighted by Crippen LogP contribution is 2.42. The molecular formula is C28H38ClN5O. The average molecular weight is 496 g/mol. The van der Waals surface area contributed by atoms with E-state index in [1.165, 1.54) is 22.4 Å². The molecule has 7 heteroatoms. The first kappa shape index (κ1) is 24.5. The summed E-state index contributed by atoms with van der Waals surface area (Å²) < 4.78 is 0. The summed E-state index contributed by atoms with van der Waals surface area (Å²) in [7, 11) is 0. The number of amides is 1. The molecule has 6 nitrogen and oxygen atoms in total. The summed E-state index contributed by atoms with van der Waals surface area (Å²) in [6.45, 7) is 8.76. The van der Waals surface area contributed by atoms with E-state index >= 15 is 0 Å². The van der Waals surface area contributed by atoms with E-state index in [0.29, 0.717) is 18.4 Å². The molecule has 0 bridgehead atoms. The van der Waals surface area contributed by atoms with Crippen molar-refractivity contribution in [3.8, 4) is 0 Å². The number of nitrogens with zero attached hydrogens (tertiary/aromatic N) is 3. The van der Waals surface area contributed by atoms with E-state index in [-0.39, 0.29) is 17.9 Å². The number of guanidine groups is 1. The van der Waals surface area contributed by atoms with Gasteiger partial charge in [-0.25, -0.2) is 0 Å². The Bertz CT molecular complexity index is 1070. The first-order valence-corrected chi connectivity index (χ1v) is 13.6. The van der Waals surface area contributed by atoms with Gasteiger partial charge in [0.1, 0.15) is 5.54 Å². The van der Waals surface area contributed by atoms with Crippen molar-refractivity contribution in [2.45, 2.75) is 77.3 Å². The van der Waals surface area contributed by atoms with Gasteiger partial charge in [0.05, 0.1) is 11.7 Å². The molecule has 188 valence electrons. The minimum Gasteiger partial charge on any atom is -0.342 e. The molecule has 1 aromatic carbocycles. The number of halogens is 1. The number of carbonyl (C=O) groups excluding carboxylic acids is 1. The van der Waals surface area contributed by atoms with Gasteiger partial charge in [0.25, 0.3) is 5.91 Å². The van der Waals surface area contributed by atoms with E-state index in [9.17, 15) is 4.79 Å². The fourth-order valence-electron chi connectivity index (χ4n) is 6.56. The van der Waals surface area contributed by atoms with Crippen molar-refractivity contribution in [3.05, 3.63) is 45.6 Å². The Morgan fingerprint density at radius 2 is 2.00 bits per heavy atom. The topological polar surface area (TPSA) is 71.8 Å². The number of likely N-dealkylation sites (tertiary alicyclic amines) is 1. The quantitative estimate of drug-likeness (QED) is 0.580. The second kappa shape index (κ2) is 9.70. The molecule has 2 saturated heterocycles. The summed E-state index contributed by atoms with van der Waals surface area (Å²) in [4.78, 5) is 22.4. The second-order valence-corrected chi connectivity index (χ2v) is 11.8. The Labute approximate surface area is 214 Å². The maximum absolute atomic E-state index is 13.2. The van der Waals surface area contributed by atoms with Crippen LogP contribution in [0.5, 0.6) is 0 Å². The number of rotatable bonds is 5. The van der Waals surface area contributed by atoms with Crippen molar-refractivity contribution in [1.29, 1.82) is 5.41 Å². The maximum atomic E-state index is 13.2. The number of hydrogen-bond donors (Lipinski definition) is 2. The van der Waals surface area contributed by atoms with Crippen molar-refractivity contribution in [2.75, 3.05) is 19.6 Å². The van der Waals surface area contributed by atoms with Crippen molar-refractivity contribution >= 4 is 29.7 Å². The smallest absolute Gasteiger partial charge is 0.254 e. The molecule has 1 aliphatic carbocycles. The fraction of sp³-hybridized carbons (Fsp3) is 0.607. The van der Waals surface area contributed by atoms with Crippen LogP contribution in [0, 0.1) is 17.2 Å². The summed E-state index contributed by atoms with van der Waals surface area (Å²) in [5.41, 5.74) is 4.79. The van der Waals surface area contributed by atoms with Crippen LogP contribution in [0.3, 0.4) is 0 Å². The summed E-state index contributed by atoms with van der Waals surface area (Å²) in [6.07, 6.45) is 9.09. The Balaban J connectivity index is 1.30. The van der Waals surface area contributed by atoms with Crippen LogP contribution in [0.4, 0.5) is 0 Å². The van der Waals surface area contributed by atoms with Crippen LogP contribution < -0.4 is 5.32 Å². The fourth-order valence-corrected chi connectivity index (χ4v) is 6.76. The molecule has 1 amide bonds. The average Bonchev–Trinajstić information content (AvgIpc) is 2.95. The van der Waals surface area contributed by atoms with Crippen molar-refractivity contribution < 1.29 is 4.79 Å². The molecule has 2 fully saturated rings. The molecule has 0 spiro atoms. The predicted molar refractivity (Wildman–Crippen MR) is 142 cm³/mol. The number of aryl methyl sites for hydroxylation is 1. The van der Waals surface area contributed by atoms with Gasteiger partial charge in [-0.3, -0.25) is 25.0 Å². The van der Waals surface area contributed by atoms with Gasteiger partial charge in [-0.1, -0.05) is 31.5 Å². The van der Waals surface area contributed by atoms with E-state index in [1.807, 2.05) is 13.0 Å². The normalized spacial score (nSPS) is 27.8. The van der Waals surface area contributed by atoms with Gasteiger partial charge < -0.3 is 5.32 Å². The van der Waals surface area contributed by atoms with E-state index in [4.69, 9.17) is 22.0 Å². The number of benzene rings is 1. The standard InChI is InChI=1S/C28H38ClN5O/c1-18(2)16-28(3)26(35)34(27(30)32-28)17-19-10-13-33(14-11-19)25-23-9-8-22(29)15-21(23)7-6-20-5-4-12-31-24(20)25/h8-9,12,15,18-19,25H,4-7,10-11,13-14,16-17H2,1-3H3,(H2,30,32). The van der Waals surface area contributed by atoms with Crippen LogP contribution in [0.15, 0.2) is 34.5 Å². The number of nitrogens with one attached hydrogen (secondary N) is 2. The molecule has 4 aliphatic rings. The van der Waals surface area contributed by atoms with Gasteiger partial charge in [-0.05, 0) is 106 Å². The van der Waals surface area contributed by atoms with Crippen LogP contribution in [0.2, 0.25) is 5.02 Å². The third kappa shape index (κ3) is 4.79. The van der Waals surface area contributed by atoms with Gasteiger partial charge in [0.15, 0.2) is 5.96 Å². The molecule has 2 unspecified atom stereocenters. The zero-order valence-electron chi connectivity index (χ0n) is 21.2. The Hall–Kier alpha value is -2.18. The van der Waals surface area contributed by atoms with Crippen LogP contribution >= 0.6 is 11.6 Å². The molecule has 0 aromatic heterocycles. The number of hydrogen-bond acceptors (Lipinski definition) is 4. The predicted octanol–water partition coefficient (Wildman–Crippen LogP) is 5.33. The molecule has 1 aromatic rings. The lowest BCUT2D eigenvalue weighted by Gasteiger charge is -2.39. The van der Waals surface area contributed by atoms with E-state index in [2.05, 4.69) is 42.4 Å². The molecule has 0 saturated carbocycles. The number of allylic oxidation sites excluding steroid dienone is 1. The Morgan fingerprint density at radius 3 is 2.74 bits per heavy atom. The largest absolute Gasteiger partial charge is 0.342 e. The Morgan fingerprint density at radius 1 is 1.23 bits per heavy atom. The summed E-state index contributed by atoms with van der Waals surface area (Å²) >= 11 is 6.38. The van der Waals surface area contributed by atoms with Gasteiger partial charge in [0.2, 0.25) is 0 Å². The molecule has 35 heavy (non-hydrogen) atoms.